The van der Waals surface area contributed by atoms with Gasteiger partial charge in [0.15, 0.2) is 0 Å². The number of aromatic nitrogens is 2. The lowest BCUT2D eigenvalue weighted by molar-refractivity contribution is -0.00640. The van der Waals surface area contributed by atoms with E-state index >= 15 is 0 Å². The van der Waals surface area contributed by atoms with E-state index in [-0.39, 0.29) is 5.92 Å². The standard InChI is InChI=1S/C18H24N2O3/c1-12-7-6-8-15(13(12)2)14(3)16-19-9-10-20(16)11-18(4,5)23-17(21)22/h6-10,14H,11H2,1-5H3,(H,21,22). The minimum absolute atomic E-state index is 0.116. The van der Waals surface area contributed by atoms with Crippen LogP contribution in [0.15, 0.2) is 30.6 Å². The maximum Gasteiger partial charge on any atom is 0.506 e. The van der Waals surface area contributed by atoms with E-state index in [0.29, 0.717) is 6.54 Å². The van der Waals surface area contributed by atoms with E-state index in [2.05, 4.69) is 44.0 Å². The molecule has 23 heavy (non-hydrogen) atoms. The fourth-order valence-electron chi connectivity index (χ4n) is 2.90. The van der Waals surface area contributed by atoms with Crippen LogP contribution in [-0.4, -0.2) is 26.4 Å². The molecule has 1 unspecified atom stereocenters. The molecule has 0 saturated heterocycles. The maximum atomic E-state index is 10.8. The number of rotatable bonds is 5. The largest absolute Gasteiger partial charge is 0.506 e. The Morgan fingerprint density at radius 3 is 2.74 bits per heavy atom. The summed E-state index contributed by atoms with van der Waals surface area (Å²) in [4.78, 5) is 15.3. The first-order valence-electron chi connectivity index (χ1n) is 7.70. The minimum atomic E-state index is -1.26. The lowest BCUT2D eigenvalue weighted by Gasteiger charge is -2.26. The van der Waals surface area contributed by atoms with Crippen molar-refractivity contribution in [2.24, 2.45) is 0 Å². The third-order valence-electron chi connectivity index (χ3n) is 4.16. The van der Waals surface area contributed by atoms with Gasteiger partial charge >= 0.3 is 6.16 Å². The lowest BCUT2D eigenvalue weighted by atomic mass is 9.93. The fourth-order valence-corrected chi connectivity index (χ4v) is 2.90. The monoisotopic (exact) mass is 316 g/mol. The summed E-state index contributed by atoms with van der Waals surface area (Å²) >= 11 is 0. The van der Waals surface area contributed by atoms with Crippen molar-refractivity contribution in [1.29, 1.82) is 0 Å². The molecule has 0 amide bonds. The van der Waals surface area contributed by atoms with Gasteiger partial charge in [0.05, 0.1) is 6.54 Å². The first kappa shape index (κ1) is 17.1. The van der Waals surface area contributed by atoms with Crippen molar-refractivity contribution in [2.45, 2.75) is 52.7 Å². The Morgan fingerprint density at radius 1 is 1.39 bits per heavy atom. The van der Waals surface area contributed by atoms with E-state index in [1.165, 1.54) is 16.7 Å². The topological polar surface area (TPSA) is 64.4 Å². The number of nitrogens with zero attached hydrogens (tertiary/aromatic N) is 2. The molecule has 1 N–H and O–H groups in total. The minimum Gasteiger partial charge on any atom is -0.450 e. The van der Waals surface area contributed by atoms with E-state index in [1.807, 2.05) is 10.8 Å². The first-order valence-corrected chi connectivity index (χ1v) is 7.70. The highest BCUT2D eigenvalue weighted by Gasteiger charge is 2.26. The van der Waals surface area contributed by atoms with Gasteiger partial charge in [0, 0.05) is 18.3 Å². The highest BCUT2D eigenvalue weighted by atomic mass is 16.7. The number of carbonyl (C=O) groups is 1. The zero-order valence-electron chi connectivity index (χ0n) is 14.3. The average Bonchev–Trinajstić information content (AvgIpc) is 2.86. The van der Waals surface area contributed by atoms with Crippen molar-refractivity contribution >= 4 is 6.16 Å². The molecule has 2 aromatic rings. The Hall–Kier alpha value is -2.30. The van der Waals surface area contributed by atoms with Crippen LogP contribution in [0.5, 0.6) is 0 Å². The number of hydrogen-bond donors (Lipinski definition) is 1. The number of hydrogen-bond acceptors (Lipinski definition) is 3. The smallest absolute Gasteiger partial charge is 0.450 e. The maximum absolute atomic E-state index is 10.8. The second-order valence-electron chi connectivity index (χ2n) is 6.55. The summed E-state index contributed by atoms with van der Waals surface area (Å²) in [5.74, 6) is 1.02. The van der Waals surface area contributed by atoms with Crippen LogP contribution in [0.3, 0.4) is 0 Å². The van der Waals surface area contributed by atoms with Crippen LogP contribution in [0.4, 0.5) is 4.79 Å². The zero-order valence-corrected chi connectivity index (χ0v) is 14.3. The van der Waals surface area contributed by atoms with Crippen molar-refractivity contribution < 1.29 is 14.6 Å². The number of carboxylic acid groups (broad SMARTS) is 1. The molecular formula is C18H24N2O3. The highest BCUT2D eigenvalue weighted by molar-refractivity contribution is 5.57. The fraction of sp³-hybridized carbons (Fsp3) is 0.444. The van der Waals surface area contributed by atoms with E-state index in [4.69, 9.17) is 9.84 Å². The second kappa shape index (κ2) is 6.44. The number of ether oxygens (including phenoxy) is 1. The first-order chi connectivity index (χ1) is 10.7. The molecule has 5 heteroatoms. The Morgan fingerprint density at radius 2 is 2.09 bits per heavy atom. The van der Waals surface area contributed by atoms with Gasteiger partial charge in [0.1, 0.15) is 11.4 Å². The summed E-state index contributed by atoms with van der Waals surface area (Å²) in [5.41, 5.74) is 2.93. The molecule has 0 spiro atoms. The van der Waals surface area contributed by atoms with E-state index < -0.39 is 11.8 Å². The van der Waals surface area contributed by atoms with Crippen LogP contribution >= 0.6 is 0 Å². The number of imidazole rings is 1. The van der Waals surface area contributed by atoms with Crippen LogP contribution in [0, 0.1) is 13.8 Å². The van der Waals surface area contributed by atoms with Gasteiger partial charge in [-0.1, -0.05) is 25.1 Å². The van der Waals surface area contributed by atoms with Gasteiger partial charge in [-0.2, -0.15) is 0 Å². The van der Waals surface area contributed by atoms with E-state index in [0.717, 1.165) is 5.82 Å². The van der Waals surface area contributed by atoms with Gasteiger partial charge in [0.25, 0.3) is 0 Å². The zero-order chi connectivity index (χ0) is 17.2. The molecule has 1 atom stereocenters. The van der Waals surface area contributed by atoms with E-state index in [9.17, 15) is 4.79 Å². The molecule has 0 aliphatic heterocycles. The Labute approximate surface area is 136 Å². The predicted molar refractivity (Wildman–Crippen MR) is 88.8 cm³/mol. The molecule has 2 rings (SSSR count). The quantitative estimate of drug-likeness (QED) is 0.843. The highest BCUT2D eigenvalue weighted by Crippen LogP contribution is 2.28. The van der Waals surface area contributed by atoms with Gasteiger partial charge in [-0.25, -0.2) is 9.78 Å². The average molecular weight is 316 g/mol. The van der Waals surface area contributed by atoms with Crippen molar-refractivity contribution in [1.82, 2.24) is 9.55 Å². The van der Waals surface area contributed by atoms with Crippen molar-refractivity contribution in [3.8, 4) is 0 Å². The molecule has 5 nitrogen and oxygen atoms in total. The molecule has 0 bridgehead atoms. The van der Waals surface area contributed by atoms with Crippen LogP contribution < -0.4 is 0 Å². The van der Waals surface area contributed by atoms with Gasteiger partial charge in [0.2, 0.25) is 0 Å². The summed E-state index contributed by atoms with van der Waals surface area (Å²) in [6.07, 6.45) is 2.34. The normalized spacial score (nSPS) is 12.9. The van der Waals surface area contributed by atoms with Crippen LogP contribution in [0.1, 0.15) is 49.2 Å². The molecule has 0 radical (unpaired) electrons. The van der Waals surface area contributed by atoms with Crippen molar-refractivity contribution in [2.75, 3.05) is 0 Å². The molecule has 0 fully saturated rings. The van der Waals surface area contributed by atoms with Gasteiger partial charge in [-0.3, -0.25) is 0 Å². The molecule has 0 aliphatic rings. The Bertz CT molecular complexity index is 704. The molecule has 1 aromatic carbocycles. The summed E-state index contributed by atoms with van der Waals surface area (Å²) in [6.45, 7) is 10.3. The van der Waals surface area contributed by atoms with Crippen LogP contribution in [0.25, 0.3) is 0 Å². The van der Waals surface area contributed by atoms with Crippen molar-refractivity contribution in [3.63, 3.8) is 0 Å². The van der Waals surface area contributed by atoms with Gasteiger partial charge in [-0.15, -0.1) is 0 Å². The third-order valence-corrected chi connectivity index (χ3v) is 4.16. The molecular weight excluding hydrogens is 292 g/mol. The predicted octanol–water partition coefficient (Wildman–Crippen LogP) is 4.12. The molecule has 1 aromatic heterocycles. The SMILES string of the molecule is Cc1cccc(C(C)c2nccn2CC(C)(C)OC(=O)O)c1C. The number of aryl methyl sites for hydroxylation is 1. The van der Waals surface area contributed by atoms with Gasteiger partial charge < -0.3 is 14.4 Å². The second-order valence-corrected chi connectivity index (χ2v) is 6.55. The molecule has 1 heterocycles. The van der Waals surface area contributed by atoms with Crippen LogP contribution in [-0.2, 0) is 11.3 Å². The molecule has 0 aliphatic carbocycles. The summed E-state index contributed by atoms with van der Waals surface area (Å²) in [7, 11) is 0. The lowest BCUT2D eigenvalue weighted by Crippen LogP contribution is -2.33. The summed E-state index contributed by atoms with van der Waals surface area (Å²) < 4.78 is 6.93. The molecule has 0 saturated carbocycles. The van der Waals surface area contributed by atoms with Gasteiger partial charge in [-0.05, 0) is 44.4 Å². The Balaban J connectivity index is 2.30. The van der Waals surface area contributed by atoms with Crippen LogP contribution in [0.2, 0.25) is 0 Å². The number of benzene rings is 1. The van der Waals surface area contributed by atoms with Crippen molar-refractivity contribution in [3.05, 3.63) is 53.1 Å². The van der Waals surface area contributed by atoms with E-state index in [1.54, 1.807) is 20.0 Å². The summed E-state index contributed by atoms with van der Waals surface area (Å²) in [5, 5.41) is 8.85. The molecule has 124 valence electrons. The third kappa shape index (κ3) is 3.92. The Kier molecular flexibility index (Phi) is 4.78. The summed E-state index contributed by atoms with van der Waals surface area (Å²) in [6, 6.07) is 6.27.